The zero-order valence-corrected chi connectivity index (χ0v) is 11.2. The normalized spacial score (nSPS) is 32.8. The Kier molecular flexibility index (Phi) is 3.76. The van der Waals surface area contributed by atoms with Crippen LogP contribution in [0.25, 0.3) is 0 Å². The van der Waals surface area contributed by atoms with Crippen LogP contribution in [0.4, 0.5) is 0 Å². The average molecular weight is 238 g/mol. The summed E-state index contributed by atoms with van der Waals surface area (Å²) in [6, 6.07) is 0.169. The van der Waals surface area contributed by atoms with Gasteiger partial charge in [0.1, 0.15) is 0 Å². The molecule has 0 spiro atoms. The molecule has 0 aromatic carbocycles. The predicted molar refractivity (Wildman–Crippen MR) is 69.5 cm³/mol. The summed E-state index contributed by atoms with van der Waals surface area (Å²) in [4.78, 5) is 14.7. The lowest BCUT2D eigenvalue weighted by Crippen LogP contribution is -2.53. The number of carbonyl (C=O) groups excluding carboxylic acids is 1. The molecule has 3 heteroatoms. The highest BCUT2D eigenvalue weighted by molar-refractivity contribution is 5.83. The van der Waals surface area contributed by atoms with E-state index in [4.69, 9.17) is 5.73 Å². The van der Waals surface area contributed by atoms with E-state index in [1.165, 1.54) is 12.8 Å². The van der Waals surface area contributed by atoms with Crippen molar-refractivity contribution in [3.63, 3.8) is 0 Å². The van der Waals surface area contributed by atoms with Gasteiger partial charge in [0, 0.05) is 24.5 Å². The van der Waals surface area contributed by atoms with Crippen LogP contribution in [0, 0.1) is 11.3 Å². The number of carbonyl (C=O) groups is 1. The van der Waals surface area contributed by atoms with Crippen LogP contribution in [-0.2, 0) is 4.79 Å². The van der Waals surface area contributed by atoms with E-state index in [1.807, 2.05) is 4.90 Å². The number of rotatable bonds is 2. The Labute approximate surface area is 105 Å². The van der Waals surface area contributed by atoms with Gasteiger partial charge >= 0.3 is 0 Å². The minimum absolute atomic E-state index is 0.0414. The van der Waals surface area contributed by atoms with E-state index in [1.54, 1.807) is 0 Å². The second kappa shape index (κ2) is 4.97. The van der Waals surface area contributed by atoms with E-state index < -0.39 is 0 Å². The van der Waals surface area contributed by atoms with Gasteiger partial charge in [0.2, 0.25) is 5.91 Å². The molecule has 0 aromatic heterocycles. The number of amides is 1. The van der Waals surface area contributed by atoms with E-state index in [0.717, 1.165) is 38.8 Å². The first-order chi connectivity index (χ1) is 8.09. The first-order valence-corrected chi connectivity index (χ1v) is 7.14. The van der Waals surface area contributed by atoms with E-state index in [2.05, 4.69) is 13.8 Å². The molecule has 98 valence electrons. The highest BCUT2D eigenvalue weighted by Crippen LogP contribution is 2.42. The number of nitrogens with two attached hydrogens (primary N) is 1. The van der Waals surface area contributed by atoms with Gasteiger partial charge in [0.05, 0.1) is 0 Å². The van der Waals surface area contributed by atoms with Crippen LogP contribution in [0.2, 0.25) is 0 Å². The monoisotopic (exact) mass is 238 g/mol. The molecule has 17 heavy (non-hydrogen) atoms. The van der Waals surface area contributed by atoms with Crippen molar-refractivity contribution in [1.29, 1.82) is 0 Å². The molecule has 3 nitrogen and oxygen atoms in total. The second-order valence-corrected chi connectivity index (χ2v) is 6.02. The summed E-state index contributed by atoms with van der Waals surface area (Å²) >= 11 is 0. The highest BCUT2D eigenvalue weighted by Gasteiger charge is 2.43. The van der Waals surface area contributed by atoms with Gasteiger partial charge < -0.3 is 10.6 Å². The molecule has 1 saturated heterocycles. The van der Waals surface area contributed by atoms with Crippen molar-refractivity contribution in [2.45, 2.75) is 58.4 Å². The van der Waals surface area contributed by atoms with Crippen molar-refractivity contribution in [2.75, 3.05) is 13.1 Å². The minimum Gasteiger partial charge on any atom is -0.341 e. The molecular weight excluding hydrogens is 212 g/mol. The lowest BCUT2D eigenvalue weighted by atomic mass is 9.81. The third kappa shape index (κ3) is 2.35. The Hall–Kier alpha value is -0.570. The van der Waals surface area contributed by atoms with Crippen LogP contribution >= 0.6 is 0 Å². The third-order valence-corrected chi connectivity index (χ3v) is 4.99. The average Bonchev–Trinajstić information content (AvgIpc) is 2.81. The fourth-order valence-corrected chi connectivity index (χ4v) is 3.39. The summed E-state index contributed by atoms with van der Waals surface area (Å²) in [7, 11) is 0. The van der Waals surface area contributed by atoms with Crippen LogP contribution in [-0.4, -0.2) is 29.9 Å². The first kappa shape index (κ1) is 12.9. The summed E-state index contributed by atoms with van der Waals surface area (Å²) in [6.07, 6.45) is 6.67. The smallest absolute Gasteiger partial charge is 0.228 e. The van der Waals surface area contributed by atoms with Gasteiger partial charge in [-0.15, -0.1) is 0 Å². The number of likely N-dealkylation sites (tertiary alicyclic amines) is 1. The topological polar surface area (TPSA) is 46.3 Å². The Morgan fingerprint density at radius 3 is 2.59 bits per heavy atom. The number of hydrogen-bond donors (Lipinski definition) is 1. The summed E-state index contributed by atoms with van der Waals surface area (Å²) in [5.74, 6) is 0.944. The van der Waals surface area contributed by atoms with Crippen molar-refractivity contribution in [1.82, 2.24) is 4.90 Å². The maximum Gasteiger partial charge on any atom is 0.228 e. The molecule has 1 aliphatic heterocycles. The molecule has 0 aromatic rings. The number of piperidine rings is 1. The van der Waals surface area contributed by atoms with Crippen molar-refractivity contribution < 1.29 is 4.79 Å². The lowest BCUT2D eigenvalue weighted by molar-refractivity contribution is -0.144. The van der Waals surface area contributed by atoms with Crippen molar-refractivity contribution in [3.05, 3.63) is 0 Å². The zero-order valence-electron chi connectivity index (χ0n) is 11.2. The Morgan fingerprint density at radius 2 is 2.06 bits per heavy atom. The molecule has 2 aliphatic rings. The minimum atomic E-state index is -0.0414. The molecule has 2 atom stereocenters. The second-order valence-electron chi connectivity index (χ2n) is 6.02. The summed E-state index contributed by atoms with van der Waals surface area (Å²) in [5, 5.41) is 0. The SMILES string of the molecule is CCC1(C(=O)N2CCC(C)C(N)C2)CCCC1. The molecule has 1 saturated carbocycles. The highest BCUT2D eigenvalue weighted by atomic mass is 16.2. The Morgan fingerprint density at radius 1 is 1.41 bits per heavy atom. The molecule has 2 rings (SSSR count). The molecule has 1 amide bonds. The quantitative estimate of drug-likeness (QED) is 0.801. The largest absolute Gasteiger partial charge is 0.341 e. The van der Waals surface area contributed by atoms with Gasteiger partial charge in [0.15, 0.2) is 0 Å². The Bertz CT molecular complexity index is 284. The van der Waals surface area contributed by atoms with E-state index in [0.29, 0.717) is 11.8 Å². The third-order valence-electron chi connectivity index (χ3n) is 4.99. The van der Waals surface area contributed by atoms with Crippen molar-refractivity contribution >= 4 is 5.91 Å². The van der Waals surface area contributed by atoms with Crippen LogP contribution in [0.5, 0.6) is 0 Å². The maximum atomic E-state index is 12.7. The fourth-order valence-electron chi connectivity index (χ4n) is 3.39. The predicted octanol–water partition coefficient (Wildman–Crippen LogP) is 2.15. The molecule has 2 unspecified atom stereocenters. The molecule has 2 fully saturated rings. The molecule has 0 radical (unpaired) electrons. The molecular formula is C14H26N2O. The van der Waals surface area contributed by atoms with Crippen LogP contribution < -0.4 is 5.73 Å². The standard InChI is InChI=1S/C14H26N2O/c1-3-14(7-4-5-8-14)13(17)16-9-6-11(2)12(15)10-16/h11-12H,3-10,15H2,1-2H3. The zero-order chi connectivity index (χ0) is 12.5. The van der Waals surface area contributed by atoms with E-state index in [9.17, 15) is 4.79 Å². The number of nitrogens with zero attached hydrogens (tertiary/aromatic N) is 1. The summed E-state index contributed by atoms with van der Waals surface area (Å²) in [6.45, 7) is 6.03. The van der Waals surface area contributed by atoms with Gasteiger partial charge in [0.25, 0.3) is 0 Å². The summed E-state index contributed by atoms with van der Waals surface area (Å²) < 4.78 is 0. The van der Waals surface area contributed by atoms with Gasteiger partial charge in [-0.3, -0.25) is 4.79 Å². The van der Waals surface area contributed by atoms with Gasteiger partial charge in [-0.25, -0.2) is 0 Å². The van der Waals surface area contributed by atoms with E-state index in [-0.39, 0.29) is 11.5 Å². The maximum absolute atomic E-state index is 12.7. The van der Waals surface area contributed by atoms with Gasteiger partial charge in [-0.1, -0.05) is 26.7 Å². The van der Waals surface area contributed by atoms with Gasteiger partial charge in [-0.2, -0.15) is 0 Å². The molecule has 1 aliphatic carbocycles. The van der Waals surface area contributed by atoms with Crippen LogP contribution in [0.15, 0.2) is 0 Å². The van der Waals surface area contributed by atoms with Crippen LogP contribution in [0.3, 0.4) is 0 Å². The summed E-state index contributed by atoms with van der Waals surface area (Å²) in [5.41, 5.74) is 6.05. The lowest BCUT2D eigenvalue weighted by Gasteiger charge is -2.40. The van der Waals surface area contributed by atoms with Crippen LogP contribution in [0.1, 0.15) is 52.4 Å². The van der Waals surface area contributed by atoms with Gasteiger partial charge in [-0.05, 0) is 31.6 Å². The van der Waals surface area contributed by atoms with Crippen molar-refractivity contribution in [2.24, 2.45) is 17.1 Å². The Balaban J connectivity index is 2.04. The molecule has 2 N–H and O–H groups in total. The fraction of sp³-hybridized carbons (Fsp3) is 0.929. The van der Waals surface area contributed by atoms with E-state index >= 15 is 0 Å². The molecule has 1 heterocycles. The first-order valence-electron chi connectivity index (χ1n) is 7.14. The molecule has 0 bridgehead atoms. The van der Waals surface area contributed by atoms with Crippen molar-refractivity contribution in [3.8, 4) is 0 Å². The number of hydrogen-bond acceptors (Lipinski definition) is 2.